The van der Waals surface area contributed by atoms with Gasteiger partial charge in [0.05, 0.1) is 20.8 Å². The second kappa shape index (κ2) is 7.03. The maximum Gasteiger partial charge on any atom is 0.435 e. The van der Waals surface area contributed by atoms with E-state index in [0.29, 0.717) is 24.2 Å². The Morgan fingerprint density at radius 1 is 1.00 bits per heavy atom. The molecule has 2 heterocycles. The summed E-state index contributed by atoms with van der Waals surface area (Å²) in [6.45, 7) is 0.845. The highest BCUT2D eigenvalue weighted by Crippen LogP contribution is 2.50. The lowest BCUT2D eigenvalue weighted by Gasteiger charge is -2.38. The Bertz CT molecular complexity index is 968. The SMILES string of the molecule is OC1(c2ccc(C3=NO[C@@](c4cc(Cl)c(Cl)c(Cl)c4)(C(F)(F)F)C3)cc2)CNC1. The Hall–Kier alpha value is -1.51. The van der Waals surface area contributed by atoms with Gasteiger partial charge >= 0.3 is 6.18 Å². The molecule has 0 radical (unpaired) electrons. The van der Waals surface area contributed by atoms with Crippen LogP contribution in [0.15, 0.2) is 41.6 Å². The number of rotatable bonds is 3. The first-order chi connectivity index (χ1) is 13.6. The quantitative estimate of drug-likeness (QED) is 0.626. The molecular weight excluding hydrogens is 452 g/mol. The molecule has 2 N–H and O–H groups in total. The number of hydrogen-bond donors (Lipinski definition) is 2. The van der Waals surface area contributed by atoms with Crippen LogP contribution in [0.1, 0.15) is 23.1 Å². The molecule has 0 unspecified atom stereocenters. The van der Waals surface area contributed by atoms with Gasteiger partial charge < -0.3 is 15.3 Å². The minimum Gasteiger partial charge on any atom is -0.382 e. The van der Waals surface area contributed by atoms with Crippen LogP contribution in [0, 0.1) is 0 Å². The van der Waals surface area contributed by atoms with Crippen molar-refractivity contribution in [2.75, 3.05) is 13.1 Å². The topological polar surface area (TPSA) is 53.9 Å². The minimum absolute atomic E-state index is 0.0347. The fourth-order valence-corrected chi connectivity index (χ4v) is 3.98. The second-order valence-corrected chi connectivity index (χ2v) is 8.29. The van der Waals surface area contributed by atoms with E-state index in [1.54, 1.807) is 24.3 Å². The molecule has 0 saturated carbocycles. The average Bonchev–Trinajstić information content (AvgIpc) is 3.11. The number of aliphatic hydroxyl groups is 1. The molecular formula is C19H14Cl3F3N2O2. The van der Waals surface area contributed by atoms with Crippen molar-refractivity contribution in [2.24, 2.45) is 5.16 Å². The number of alkyl halides is 3. The van der Waals surface area contributed by atoms with E-state index in [9.17, 15) is 18.3 Å². The van der Waals surface area contributed by atoms with Gasteiger partial charge in [0.1, 0.15) is 5.60 Å². The van der Waals surface area contributed by atoms with Gasteiger partial charge in [0.15, 0.2) is 0 Å². The number of benzene rings is 2. The number of halogens is 6. The average molecular weight is 466 g/mol. The first-order valence-corrected chi connectivity index (χ1v) is 9.70. The first-order valence-electron chi connectivity index (χ1n) is 8.57. The van der Waals surface area contributed by atoms with Gasteiger partial charge in [0, 0.05) is 25.1 Å². The third-order valence-electron chi connectivity index (χ3n) is 5.23. The first kappa shape index (κ1) is 20.8. The molecule has 2 aliphatic heterocycles. The van der Waals surface area contributed by atoms with Crippen LogP contribution in [0.4, 0.5) is 13.2 Å². The Morgan fingerprint density at radius 2 is 1.59 bits per heavy atom. The number of hydrogen-bond acceptors (Lipinski definition) is 4. The monoisotopic (exact) mass is 464 g/mol. The Morgan fingerprint density at radius 3 is 2.07 bits per heavy atom. The van der Waals surface area contributed by atoms with Crippen LogP contribution in [-0.4, -0.2) is 30.1 Å². The molecule has 0 spiro atoms. The van der Waals surface area contributed by atoms with E-state index >= 15 is 0 Å². The molecule has 154 valence electrons. The summed E-state index contributed by atoms with van der Waals surface area (Å²) in [5.74, 6) is 0. The van der Waals surface area contributed by atoms with Crippen LogP contribution >= 0.6 is 34.8 Å². The normalized spacial score (nSPS) is 23.3. The van der Waals surface area contributed by atoms with E-state index in [2.05, 4.69) is 10.5 Å². The lowest BCUT2D eigenvalue weighted by atomic mass is 9.85. The van der Waals surface area contributed by atoms with E-state index < -0.39 is 23.8 Å². The van der Waals surface area contributed by atoms with E-state index in [1.165, 1.54) is 0 Å². The Kier molecular flexibility index (Phi) is 5.03. The van der Waals surface area contributed by atoms with Crippen LogP contribution in [-0.2, 0) is 16.0 Å². The van der Waals surface area contributed by atoms with Crippen LogP contribution in [0.25, 0.3) is 0 Å². The van der Waals surface area contributed by atoms with Crippen molar-refractivity contribution in [3.8, 4) is 0 Å². The predicted octanol–water partition coefficient (Wildman–Crippen LogP) is 5.02. The van der Waals surface area contributed by atoms with Crippen LogP contribution < -0.4 is 5.32 Å². The van der Waals surface area contributed by atoms with Crippen LogP contribution in [0.3, 0.4) is 0 Å². The van der Waals surface area contributed by atoms with Crippen molar-refractivity contribution in [1.82, 2.24) is 5.32 Å². The van der Waals surface area contributed by atoms with Gasteiger partial charge in [-0.15, -0.1) is 0 Å². The molecule has 1 fully saturated rings. The third kappa shape index (κ3) is 3.39. The fraction of sp³-hybridized carbons (Fsp3) is 0.316. The van der Waals surface area contributed by atoms with Crippen molar-refractivity contribution in [3.05, 3.63) is 68.2 Å². The molecule has 2 aromatic carbocycles. The highest BCUT2D eigenvalue weighted by molar-refractivity contribution is 6.48. The molecule has 0 aliphatic carbocycles. The Labute approximate surface area is 179 Å². The maximum absolute atomic E-state index is 14.1. The largest absolute Gasteiger partial charge is 0.435 e. The number of β-amino-alcohol motifs (C(OH)–C–C–N with tert-alkyl or cyclic N) is 1. The zero-order chi connectivity index (χ0) is 21.0. The molecule has 2 aromatic rings. The highest BCUT2D eigenvalue weighted by Gasteiger charge is 2.62. The maximum atomic E-state index is 14.1. The van der Waals surface area contributed by atoms with Crippen LogP contribution in [0.2, 0.25) is 15.1 Å². The summed E-state index contributed by atoms with van der Waals surface area (Å²) in [5.41, 5.74) is -2.71. The summed E-state index contributed by atoms with van der Waals surface area (Å²) in [6, 6.07) is 8.74. The van der Waals surface area contributed by atoms with E-state index in [-0.39, 0.29) is 26.3 Å². The fourth-order valence-electron chi connectivity index (χ4n) is 3.39. The van der Waals surface area contributed by atoms with Gasteiger partial charge in [-0.3, -0.25) is 0 Å². The second-order valence-electron chi connectivity index (χ2n) is 7.10. The molecule has 1 saturated heterocycles. The highest BCUT2D eigenvalue weighted by atomic mass is 35.5. The molecule has 4 rings (SSSR count). The van der Waals surface area contributed by atoms with Crippen molar-refractivity contribution in [3.63, 3.8) is 0 Å². The van der Waals surface area contributed by atoms with Crippen molar-refractivity contribution < 1.29 is 23.1 Å². The summed E-state index contributed by atoms with van der Waals surface area (Å²) in [4.78, 5) is 4.98. The Balaban J connectivity index is 1.67. The molecule has 10 heteroatoms. The van der Waals surface area contributed by atoms with Gasteiger partial charge in [-0.2, -0.15) is 13.2 Å². The summed E-state index contributed by atoms with van der Waals surface area (Å²) < 4.78 is 42.2. The number of nitrogens with zero attached hydrogens (tertiary/aromatic N) is 1. The van der Waals surface area contributed by atoms with E-state index in [1.807, 2.05) is 0 Å². The summed E-state index contributed by atoms with van der Waals surface area (Å²) in [5, 5.41) is 16.8. The van der Waals surface area contributed by atoms with Gasteiger partial charge in [-0.1, -0.05) is 64.2 Å². The van der Waals surface area contributed by atoms with E-state index in [4.69, 9.17) is 39.6 Å². The minimum atomic E-state index is -4.79. The van der Waals surface area contributed by atoms with Crippen molar-refractivity contribution >= 4 is 40.5 Å². The molecule has 0 bridgehead atoms. The van der Waals surface area contributed by atoms with Gasteiger partial charge in [0.25, 0.3) is 5.60 Å². The van der Waals surface area contributed by atoms with Crippen LogP contribution in [0.5, 0.6) is 0 Å². The summed E-state index contributed by atoms with van der Waals surface area (Å²) in [6.07, 6.45) is -5.35. The lowest BCUT2D eigenvalue weighted by Crippen LogP contribution is -2.56. The third-order valence-corrected chi connectivity index (χ3v) is 6.42. The zero-order valence-corrected chi connectivity index (χ0v) is 16.9. The van der Waals surface area contributed by atoms with Crippen molar-refractivity contribution in [1.29, 1.82) is 0 Å². The van der Waals surface area contributed by atoms with Gasteiger partial charge in [-0.25, -0.2) is 0 Å². The molecule has 0 aromatic heterocycles. The smallest absolute Gasteiger partial charge is 0.382 e. The predicted molar refractivity (Wildman–Crippen MR) is 105 cm³/mol. The summed E-state index contributed by atoms with van der Waals surface area (Å²) >= 11 is 17.7. The number of nitrogens with one attached hydrogen (secondary N) is 1. The molecule has 1 atom stereocenters. The standard InChI is InChI=1S/C19H14Cl3F3N2O2/c20-13-5-12(6-14(21)16(13)22)18(19(23,24)25)7-15(27-29-18)10-1-3-11(4-2-10)17(28)8-26-9-17/h1-6,26,28H,7-9H2/t18-/m0/s1. The van der Waals surface area contributed by atoms with E-state index in [0.717, 1.165) is 12.1 Å². The van der Waals surface area contributed by atoms with Crippen molar-refractivity contribution in [2.45, 2.75) is 23.8 Å². The molecule has 0 amide bonds. The number of oxime groups is 1. The molecule has 2 aliphatic rings. The molecule has 29 heavy (non-hydrogen) atoms. The van der Waals surface area contributed by atoms with Gasteiger partial charge in [-0.05, 0) is 23.3 Å². The molecule has 4 nitrogen and oxygen atoms in total. The lowest BCUT2D eigenvalue weighted by molar-refractivity contribution is -0.275. The van der Waals surface area contributed by atoms with Gasteiger partial charge in [0.2, 0.25) is 0 Å². The zero-order valence-electron chi connectivity index (χ0n) is 14.7. The summed E-state index contributed by atoms with van der Waals surface area (Å²) in [7, 11) is 0.